The van der Waals surface area contributed by atoms with Gasteiger partial charge in [-0.25, -0.2) is 0 Å². The van der Waals surface area contributed by atoms with Crippen LogP contribution in [0.1, 0.15) is 1.43 Å². The van der Waals surface area contributed by atoms with Crippen LogP contribution in [0.3, 0.4) is 0 Å². The molecule has 0 aliphatic carbocycles. The second-order valence-corrected chi connectivity index (χ2v) is 0. The Hall–Kier alpha value is 2.74. The average molecular weight is 186 g/mol. The average Bonchev–Trinajstić information content (AvgIpc) is 1.00. The van der Waals surface area contributed by atoms with Gasteiger partial charge in [0.05, 0.1) is 0 Å². The summed E-state index contributed by atoms with van der Waals surface area (Å²) in [7, 11) is 0. The van der Waals surface area contributed by atoms with Crippen LogP contribution in [-0.2, 0) is 26.2 Å². The van der Waals surface area contributed by atoms with Crippen LogP contribution in [0.5, 0.6) is 0 Å². The van der Waals surface area contributed by atoms with Gasteiger partial charge in [-0.1, -0.05) is 0 Å². The van der Waals surface area contributed by atoms with E-state index in [1.807, 2.05) is 0 Å². The van der Waals surface area contributed by atoms with Crippen LogP contribution in [0.25, 0.3) is 0 Å². The zero-order valence-corrected chi connectivity index (χ0v) is 8.59. The maximum absolute atomic E-state index is 8.97. The van der Waals surface area contributed by atoms with E-state index in [-0.39, 0.29) is 79.0 Å². The topological polar surface area (TPSA) is 0 Å². The fraction of sp³-hybridized carbons (Fsp3) is 0. The first-order valence-corrected chi connectivity index (χ1v) is 0.429. The fourth-order valence-corrected chi connectivity index (χ4v) is 0. The molecule has 0 heterocycles. The van der Waals surface area contributed by atoms with E-state index >= 15 is 0 Å². The molecule has 0 saturated heterocycles. The third-order valence-corrected chi connectivity index (χ3v) is 0. The molecule has 0 aromatic rings. The molecule has 4 heavy (non-hydrogen) atoms. The fourth-order valence-electron chi connectivity index (χ4n) is 0. The van der Waals surface area contributed by atoms with Crippen LogP contribution >= 0.6 is 12.0 Å². The maximum atomic E-state index is 8.97. The van der Waals surface area contributed by atoms with E-state index < -0.39 is 0 Å². The molecule has 0 N–H and O–H groups in total. The van der Waals surface area contributed by atoms with E-state index in [9.17, 15) is 0 Å². The van der Waals surface area contributed by atoms with Crippen molar-refractivity contribution in [2.45, 2.75) is 0 Å². The van der Waals surface area contributed by atoms with Crippen molar-refractivity contribution in [3.63, 3.8) is 0 Å². The van der Waals surface area contributed by atoms with Gasteiger partial charge in [-0.05, 0) is 0 Å². The van der Waals surface area contributed by atoms with Gasteiger partial charge >= 0.3 is 51.4 Å². The molecule has 20 valence electrons. The van der Waals surface area contributed by atoms with Crippen molar-refractivity contribution < 1.29 is 83.0 Å². The van der Waals surface area contributed by atoms with Gasteiger partial charge in [-0.15, -0.1) is 3.98 Å². The summed E-state index contributed by atoms with van der Waals surface area (Å²) in [6.07, 6.45) is 0. The first-order chi connectivity index (χ1) is 1.00. The van der Waals surface area contributed by atoms with Gasteiger partial charge in [-0.3, -0.25) is 0 Å². The molecule has 0 aliphatic heterocycles. The number of halogens is 2. The van der Waals surface area contributed by atoms with E-state index in [2.05, 4.69) is 12.0 Å². The predicted octanol–water partition coefficient (Wildman–Crippen LogP) is -1.78. The molecule has 0 spiro atoms. The summed E-state index contributed by atoms with van der Waals surface area (Å²) in [5.74, 6) is 0. The van der Waals surface area contributed by atoms with Gasteiger partial charge in [-0.2, -0.15) is 0 Å². The molecule has 0 saturated carbocycles. The molecule has 0 bridgehead atoms. The molecule has 4 heteroatoms. The van der Waals surface area contributed by atoms with Crippen molar-refractivity contribution in [2.24, 2.45) is 0 Å². The molecular formula is HClFKZr. The molecule has 0 rings (SSSR count). The minimum absolute atomic E-state index is 0. The van der Waals surface area contributed by atoms with Gasteiger partial charge in [0.2, 0.25) is 0 Å². The molecule has 0 unspecified atom stereocenters. The van der Waals surface area contributed by atoms with Crippen LogP contribution in [0.2, 0.25) is 0 Å². The smallest absolute Gasteiger partial charge is 1.00 e. The molecular weight excluding hydrogens is 185 g/mol. The Morgan fingerprint density at radius 3 is 1.50 bits per heavy atom. The Morgan fingerprint density at radius 2 is 1.50 bits per heavy atom. The van der Waals surface area contributed by atoms with E-state index in [1.54, 1.807) is 0 Å². The largest absolute Gasteiger partial charge is 1.00 e. The molecule has 0 aromatic heterocycles. The van der Waals surface area contributed by atoms with Crippen LogP contribution < -0.4 is 51.4 Å². The van der Waals surface area contributed by atoms with Crippen molar-refractivity contribution in [1.29, 1.82) is 0 Å². The van der Waals surface area contributed by atoms with Crippen molar-refractivity contribution in [3.8, 4) is 0 Å². The second-order valence-electron chi connectivity index (χ2n) is 0. The monoisotopic (exact) mass is 184 g/mol. The van der Waals surface area contributed by atoms with E-state index in [0.29, 0.717) is 0 Å². The summed E-state index contributed by atoms with van der Waals surface area (Å²) in [5, 5.41) is 0. The summed E-state index contributed by atoms with van der Waals surface area (Å²) in [6, 6.07) is 0. The summed E-state index contributed by atoms with van der Waals surface area (Å²) in [5.41, 5.74) is 0. The predicted molar refractivity (Wildman–Crippen MR) is 8.07 cm³/mol. The van der Waals surface area contributed by atoms with Gasteiger partial charge in [0, 0.05) is 26.2 Å². The Labute approximate surface area is 92.7 Å². The van der Waals surface area contributed by atoms with Crippen LogP contribution in [0, 0.1) is 0 Å². The number of rotatable bonds is 0. The Kier molecular flexibility index (Phi) is 68.2. The second kappa shape index (κ2) is 17.2. The first-order valence-electron chi connectivity index (χ1n) is 0.143. The quantitative estimate of drug-likeness (QED) is 0.392. The molecule has 0 amide bonds. The number of hydrogen-bond donors (Lipinski definition) is 0. The van der Waals surface area contributed by atoms with Crippen LogP contribution in [0.15, 0.2) is 0 Å². The minimum atomic E-state index is 0. The third-order valence-electron chi connectivity index (χ3n) is 0. The van der Waals surface area contributed by atoms with E-state index in [4.69, 9.17) is 3.98 Å². The van der Waals surface area contributed by atoms with Crippen molar-refractivity contribution >= 4 is 12.0 Å². The van der Waals surface area contributed by atoms with Gasteiger partial charge in [0.25, 0.3) is 0 Å². The van der Waals surface area contributed by atoms with Crippen molar-refractivity contribution in [2.75, 3.05) is 0 Å². The minimum Gasteiger partial charge on any atom is -1.00 e. The Bertz CT molecular complexity index is 11.6. The standard InChI is InChI=1S/ClF.K.Zr.H/c1-2;;;/q;+1;;-1. The molecule has 0 radical (unpaired) electrons. The zero-order valence-electron chi connectivity index (χ0n) is 3.26. The van der Waals surface area contributed by atoms with Crippen LogP contribution in [-0.4, -0.2) is 0 Å². The van der Waals surface area contributed by atoms with Gasteiger partial charge < -0.3 is 1.43 Å². The van der Waals surface area contributed by atoms with E-state index in [1.165, 1.54) is 0 Å². The zero-order chi connectivity index (χ0) is 2.00. The van der Waals surface area contributed by atoms with Crippen molar-refractivity contribution in [3.05, 3.63) is 0 Å². The summed E-state index contributed by atoms with van der Waals surface area (Å²) >= 11 is 3.14. The van der Waals surface area contributed by atoms with Gasteiger partial charge in [0.15, 0.2) is 0 Å². The number of hydrogen-bond acceptors (Lipinski definition) is 0. The van der Waals surface area contributed by atoms with Gasteiger partial charge in [0.1, 0.15) is 12.0 Å². The summed E-state index contributed by atoms with van der Waals surface area (Å²) < 4.78 is 8.97. The van der Waals surface area contributed by atoms with Crippen LogP contribution in [0.4, 0.5) is 3.98 Å². The third kappa shape index (κ3) is 8.83. The summed E-state index contributed by atoms with van der Waals surface area (Å²) in [6.45, 7) is 0. The van der Waals surface area contributed by atoms with Crippen molar-refractivity contribution in [1.82, 2.24) is 0 Å². The maximum Gasteiger partial charge on any atom is 1.00 e. The molecule has 0 aromatic carbocycles. The first kappa shape index (κ1) is 15.9. The molecule has 0 aliphatic rings. The normalized spacial score (nSPS) is 1.50. The molecule has 0 fully saturated rings. The molecule has 0 nitrogen and oxygen atoms in total. The Morgan fingerprint density at radius 1 is 1.50 bits per heavy atom. The summed E-state index contributed by atoms with van der Waals surface area (Å²) in [4.78, 5) is 0. The molecule has 0 atom stereocenters. The van der Waals surface area contributed by atoms with E-state index in [0.717, 1.165) is 0 Å². The Balaban J connectivity index is -0.00000000167. The SMILES string of the molecule is FCl.[H-].[K+].[Zr].